The van der Waals surface area contributed by atoms with E-state index in [1.165, 1.54) is 49.8 Å². The molecule has 0 aromatic heterocycles. The van der Waals surface area contributed by atoms with Gasteiger partial charge in [-0.15, -0.1) is 0 Å². The van der Waals surface area contributed by atoms with E-state index in [4.69, 9.17) is 0 Å². The van der Waals surface area contributed by atoms with Crippen LogP contribution in [0.5, 0.6) is 0 Å². The summed E-state index contributed by atoms with van der Waals surface area (Å²) in [7, 11) is 2.20. The second kappa shape index (κ2) is 5.58. The number of hydrogen-bond donors (Lipinski definition) is 1. The van der Waals surface area contributed by atoms with Crippen LogP contribution in [-0.2, 0) is 6.42 Å². The lowest BCUT2D eigenvalue weighted by atomic mass is 9.89. The molecule has 1 saturated carbocycles. The van der Waals surface area contributed by atoms with Gasteiger partial charge in [-0.3, -0.25) is 0 Å². The SMILES string of the molecule is Bc1ccc2c(c1)CCN2C1CCC(NCC)CC1. The Balaban J connectivity index is 1.66. The summed E-state index contributed by atoms with van der Waals surface area (Å²) in [6, 6.07) is 8.52. The van der Waals surface area contributed by atoms with E-state index in [0.29, 0.717) is 0 Å². The van der Waals surface area contributed by atoms with Crippen molar-refractivity contribution in [3.05, 3.63) is 23.8 Å². The molecule has 0 amide bonds. The Bertz CT molecular complexity index is 438. The first-order valence-electron chi connectivity index (χ1n) is 7.87. The standard InChI is InChI=1S/C16H25BN2/c1-2-18-14-4-6-15(7-5-14)19-10-9-12-11-13(17)3-8-16(12)19/h3,8,11,14-15,18H,2,4-7,9-10,17H2,1H3. The van der Waals surface area contributed by atoms with E-state index in [1.807, 2.05) is 0 Å². The van der Waals surface area contributed by atoms with Crippen LogP contribution in [0.15, 0.2) is 18.2 Å². The van der Waals surface area contributed by atoms with Crippen LogP contribution in [0.25, 0.3) is 0 Å². The van der Waals surface area contributed by atoms with Crippen molar-refractivity contribution in [1.29, 1.82) is 0 Å². The topological polar surface area (TPSA) is 15.3 Å². The lowest BCUT2D eigenvalue weighted by Gasteiger charge is -2.36. The van der Waals surface area contributed by atoms with Crippen molar-refractivity contribution in [2.45, 2.75) is 51.1 Å². The first-order valence-corrected chi connectivity index (χ1v) is 7.87. The maximum absolute atomic E-state index is 3.60. The summed E-state index contributed by atoms with van der Waals surface area (Å²) in [4.78, 5) is 2.68. The number of fused-ring (bicyclic) bond motifs is 1. The zero-order chi connectivity index (χ0) is 13.2. The molecule has 1 aromatic carbocycles. The van der Waals surface area contributed by atoms with Crippen LogP contribution in [0.4, 0.5) is 5.69 Å². The summed E-state index contributed by atoms with van der Waals surface area (Å²) in [5, 5.41) is 3.60. The highest BCUT2D eigenvalue weighted by Crippen LogP contribution is 2.33. The summed E-state index contributed by atoms with van der Waals surface area (Å²) < 4.78 is 0. The third-order valence-corrected chi connectivity index (χ3v) is 4.80. The van der Waals surface area contributed by atoms with Gasteiger partial charge in [0, 0.05) is 24.3 Å². The van der Waals surface area contributed by atoms with E-state index in [9.17, 15) is 0 Å². The van der Waals surface area contributed by atoms with Crippen LogP contribution in [0.2, 0.25) is 0 Å². The highest BCUT2D eigenvalue weighted by atomic mass is 15.2. The third-order valence-electron chi connectivity index (χ3n) is 4.80. The fourth-order valence-electron chi connectivity index (χ4n) is 3.82. The van der Waals surface area contributed by atoms with Crippen LogP contribution >= 0.6 is 0 Å². The quantitative estimate of drug-likeness (QED) is 0.818. The molecule has 0 bridgehead atoms. The molecule has 2 aliphatic rings. The smallest absolute Gasteiger partial charge is 0.139 e. The molecule has 0 saturated heterocycles. The normalized spacial score (nSPS) is 26.5. The highest BCUT2D eigenvalue weighted by Gasteiger charge is 2.29. The van der Waals surface area contributed by atoms with E-state index in [0.717, 1.165) is 18.6 Å². The maximum atomic E-state index is 3.60. The monoisotopic (exact) mass is 256 g/mol. The molecular weight excluding hydrogens is 231 g/mol. The van der Waals surface area contributed by atoms with E-state index in [-0.39, 0.29) is 0 Å². The van der Waals surface area contributed by atoms with E-state index in [1.54, 1.807) is 5.56 Å². The van der Waals surface area contributed by atoms with Crippen molar-refractivity contribution < 1.29 is 0 Å². The Labute approximate surface area is 118 Å². The van der Waals surface area contributed by atoms with Crippen LogP contribution in [0, 0.1) is 0 Å². The average Bonchev–Trinajstić information content (AvgIpc) is 2.83. The molecule has 0 spiro atoms. The van der Waals surface area contributed by atoms with Crippen molar-refractivity contribution >= 4 is 19.0 Å². The largest absolute Gasteiger partial charge is 0.368 e. The second-order valence-corrected chi connectivity index (χ2v) is 6.14. The van der Waals surface area contributed by atoms with Crippen LogP contribution in [-0.4, -0.2) is 33.0 Å². The van der Waals surface area contributed by atoms with Gasteiger partial charge in [-0.05, 0) is 50.3 Å². The van der Waals surface area contributed by atoms with Crippen LogP contribution in [0.3, 0.4) is 0 Å². The molecule has 1 N–H and O–H groups in total. The molecule has 102 valence electrons. The van der Waals surface area contributed by atoms with Crippen molar-refractivity contribution in [2.75, 3.05) is 18.0 Å². The molecule has 3 rings (SSSR count). The zero-order valence-electron chi connectivity index (χ0n) is 12.3. The number of rotatable bonds is 3. The van der Waals surface area contributed by atoms with Gasteiger partial charge in [0.1, 0.15) is 7.85 Å². The number of nitrogens with zero attached hydrogens (tertiary/aromatic N) is 1. The fourth-order valence-corrected chi connectivity index (χ4v) is 3.82. The predicted octanol–water partition coefficient (Wildman–Crippen LogP) is 1.23. The first-order chi connectivity index (χ1) is 9.28. The molecule has 1 aliphatic carbocycles. The molecule has 1 fully saturated rings. The molecule has 0 radical (unpaired) electrons. The summed E-state index contributed by atoms with van der Waals surface area (Å²) in [6.07, 6.45) is 6.63. The van der Waals surface area contributed by atoms with Gasteiger partial charge in [-0.2, -0.15) is 0 Å². The van der Waals surface area contributed by atoms with Crippen LogP contribution < -0.4 is 15.7 Å². The van der Waals surface area contributed by atoms with E-state index >= 15 is 0 Å². The number of hydrogen-bond acceptors (Lipinski definition) is 2. The summed E-state index contributed by atoms with van der Waals surface area (Å²) in [6.45, 7) is 4.56. The minimum Gasteiger partial charge on any atom is -0.368 e. The lowest BCUT2D eigenvalue weighted by molar-refractivity contribution is 0.338. The number of anilines is 1. The van der Waals surface area contributed by atoms with Crippen molar-refractivity contribution in [3.63, 3.8) is 0 Å². The number of nitrogens with one attached hydrogen (secondary N) is 1. The average molecular weight is 256 g/mol. The predicted molar refractivity (Wildman–Crippen MR) is 85.4 cm³/mol. The lowest BCUT2D eigenvalue weighted by Crippen LogP contribution is -2.41. The van der Waals surface area contributed by atoms with Crippen molar-refractivity contribution in [2.24, 2.45) is 0 Å². The minimum absolute atomic E-state index is 0.765. The van der Waals surface area contributed by atoms with Gasteiger partial charge >= 0.3 is 0 Å². The molecular formula is C16H25BN2. The maximum Gasteiger partial charge on any atom is 0.139 e. The summed E-state index contributed by atoms with van der Waals surface area (Å²) in [5.41, 5.74) is 4.47. The zero-order valence-corrected chi connectivity index (χ0v) is 12.3. The Morgan fingerprint density at radius 1 is 1.26 bits per heavy atom. The summed E-state index contributed by atoms with van der Waals surface area (Å²) in [5.74, 6) is 0. The van der Waals surface area contributed by atoms with Gasteiger partial charge in [0.15, 0.2) is 0 Å². The third kappa shape index (κ3) is 2.67. The van der Waals surface area contributed by atoms with Crippen molar-refractivity contribution in [3.8, 4) is 0 Å². The van der Waals surface area contributed by atoms with Crippen LogP contribution in [0.1, 0.15) is 38.2 Å². The molecule has 1 aliphatic heterocycles. The van der Waals surface area contributed by atoms with Gasteiger partial charge in [-0.25, -0.2) is 0 Å². The van der Waals surface area contributed by atoms with E-state index < -0.39 is 0 Å². The molecule has 1 aromatic rings. The van der Waals surface area contributed by atoms with Gasteiger partial charge in [-0.1, -0.05) is 24.5 Å². The molecule has 3 heteroatoms. The van der Waals surface area contributed by atoms with Crippen molar-refractivity contribution in [1.82, 2.24) is 5.32 Å². The molecule has 2 nitrogen and oxygen atoms in total. The second-order valence-electron chi connectivity index (χ2n) is 6.14. The van der Waals surface area contributed by atoms with Gasteiger partial charge in [0.25, 0.3) is 0 Å². The Hall–Kier alpha value is -0.955. The fraction of sp³-hybridized carbons (Fsp3) is 0.625. The molecule has 0 atom stereocenters. The number of benzene rings is 1. The molecule has 0 unspecified atom stereocenters. The minimum atomic E-state index is 0.765. The Morgan fingerprint density at radius 2 is 2.05 bits per heavy atom. The van der Waals surface area contributed by atoms with Gasteiger partial charge < -0.3 is 10.2 Å². The van der Waals surface area contributed by atoms with Gasteiger partial charge in [0.2, 0.25) is 0 Å². The van der Waals surface area contributed by atoms with E-state index in [2.05, 4.69) is 43.2 Å². The summed E-state index contributed by atoms with van der Waals surface area (Å²) >= 11 is 0. The van der Waals surface area contributed by atoms with Gasteiger partial charge in [0.05, 0.1) is 0 Å². The molecule has 19 heavy (non-hydrogen) atoms. The molecule has 1 heterocycles. The Morgan fingerprint density at radius 3 is 2.79 bits per heavy atom. The highest BCUT2D eigenvalue weighted by molar-refractivity contribution is 6.32. The Kier molecular flexibility index (Phi) is 3.83. The first kappa shape index (κ1) is 13.0.